The van der Waals surface area contributed by atoms with Crippen molar-refractivity contribution in [3.63, 3.8) is 0 Å². The Labute approximate surface area is 344 Å². The second-order valence-electron chi connectivity index (χ2n) is 16.5. The zero-order valence-corrected chi connectivity index (χ0v) is 33.6. The monoisotopic (exact) mass is 834 g/mol. The fourth-order valence-electron chi connectivity index (χ4n) is 7.77. The molecule has 60 heavy (non-hydrogen) atoms. The van der Waals surface area contributed by atoms with Crippen LogP contribution in [0.2, 0.25) is 0 Å². The van der Waals surface area contributed by atoms with Gasteiger partial charge >= 0.3 is 17.8 Å². The number of nitrogens with two attached hydrogens (primary N) is 1. The SMILES string of the molecule is Cc1cc(C(=O)NC2CCNCC2(C)C)ccc1-c1ccc(C[C@H](NC(=O)C2CCC(CN)CC2)C(=O)Nc2ccc(-c3n[nH]c(C(F)(F)C(F)(F)C(=O)O)n3)cc2)cc1. The number of nitrogens with one attached hydrogen (secondary N) is 5. The van der Waals surface area contributed by atoms with Gasteiger partial charge in [0.2, 0.25) is 17.6 Å². The lowest BCUT2D eigenvalue weighted by Crippen LogP contribution is -2.54. The Morgan fingerprint density at radius 1 is 0.933 bits per heavy atom. The highest BCUT2D eigenvalue weighted by Crippen LogP contribution is 2.42. The number of carbonyl (C=O) groups excluding carboxylic acids is 3. The second kappa shape index (κ2) is 17.9. The number of aryl methyl sites for hydroxylation is 1. The molecule has 3 amide bonds. The summed E-state index contributed by atoms with van der Waals surface area (Å²) in [6.07, 6.45) is 3.92. The molecule has 4 aromatic rings. The third-order valence-electron chi connectivity index (χ3n) is 11.7. The molecule has 0 bridgehead atoms. The Balaban J connectivity index is 1.15. The first-order valence-corrected chi connectivity index (χ1v) is 19.9. The van der Waals surface area contributed by atoms with Crippen molar-refractivity contribution in [2.24, 2.45) is 23.0 Å². The van der Waals surface area contributed by atoms with Crippen LogP contribution < -0.4 is 27.0 Å². The Kier molecular flexibility index (Phi) is 13.1. The maximum absolute atomic E-state index is 14.3. The molecule has 1 saturated heterocycles. The summed E-state index contributed by atoms with van der Waals surface area (Å²) >= 11 is 0. The second-order valence-corrected chi connectivity index (χ2v) is 16.5. The number of carbonyl (C=O) groups is 4. The number of anilines is 1. The van der Waals surface area contributed by atoms with Crippen LogP contribution in [0.1, 0.15) is 73.3 Å². The molecular formula is C43H50F4N8O5. The van der Waals surface area contributed by atoms with Gasteiger partial charge in [-0.3, -0.25) is 19.5 Å². The van der Waals surface area contributed by atoms with Gasteiger partial charge in [-0.05, 0) is 122 Å². The topological polar surface area (TPSA) is 204 Å². The number of aromatic amines is 1. The largest absolute Gasteiger partial charge is 0.477 e. The Morgan fingerprint density at radius 2 is 1.60 bits per heavy atom. The maximum Gasteiger partial charge on any atom is 0.411 e. The minimum atomic E-state index is -5.44. The number of carboxylic acid groups (broad SMARTS) is 1. The van der Waals surface area contributed by atoms with E-state index < -0.39 is 41.4 Å². The molecule has 1 aliphatic carbocycles. The van der Waals surface area contributed by atoms with Gasteiger partial charge in [-0.15, -0.1) is 0 Å². The summed E-state index contributed by atoms with van der Waals surface area (Å²) in [5.41, 5.74) is 10.3. The van der Waals surface area contributed by atoms with E-state index in [9.17, 15) is 36.7 Å². The van der Waals surface area contributed by atoms with E-state index in [4.69, 9.17) is 10.8 Å². The molecule has 320 valence electrons. The molecule has 0 radical (unpaired) electrons. The number of hydrogen-bond acceptors (Lipinski definition) is 8. The summed E-state index contributed by atoms with van der Waals surface area (Å²) < 4.78 is 55.9. The van der Waals surface area contributed by atoms with Crippen molar-refractivity contribution in [3.05, 3.63) is 89.2 Å². The number of benzene rings is 3. The lowest BCUT2D eigenvalue weighted by Gasteiger charge is -2.39. The van der Waals surface area contributed by atoms with Crippen LogP contribution in [0.25, 0.3) is 22.5 Å². The predicted octanol–water partition coefficient (Wildman–Crippen LogP) is 5.81. The highest BCUT2D eigenvalue weighted by atomic mass is 19.3. The Morgan fingerprint density at radius 3 is 2.22 bits per heavy atom. The maximum atomic E-state index is 14.3. The first kappa shape index (κ1) is 43.9. The van der Waals surface area contributed by atoms with E-state index in [1.54, 1.807) is 5.10 Å². The molecule has 13 nitrogen and oxygen atoms in total. The highest BCUT2D eigenvalue weighted by molar-refractivity contribution is 5.98. The molecule has 3 aromatic carbocycles. The average Bonchev–Trinajstić information content (AvgIpc) is 3.73. The van der Waals surface area contributed by atoms with Gasteiger partial charge in [-0.2, -0.15) is 22.7 Å². The summed E-state index contributed by atoms with van der Waals surface area (Å²) in [5.74, 6) is -16.5. The quantitative estimate of drug-likeness (QED) is 0.0766. The number of halogens is 4. The molecule has 2 atom stereocenters. The van der Waals surface area contributed by atoms with Crippen LogP contribution in [-0.4, -0.2) is 81.6 Å². The van der Waals surface area contributed by atoms with E-state index in [0.29, 0.717) is 30.9 Å². The van der Waals surface area contributed by atoms with Crippen LogP contribution in [-0.2, 0) is 26.7 Å². The number of rotatable bonds is 14. The minimum Gasteiger partial charge on any atom is -0.477 e. The zero-order chi connectivity index (χ0) is 43.4. The number of aliphatic carboxylic acids is 1. The van der Waals surface area contributed by atoms with Crippen molar-refractivity contribution in [3.8, 4) is 22.5 Å². The number of nitrogens with zero attached hydrogens (tertiary/aromatic N) is 2. The molecular weight excluding hydrogens is 785 g/mol. The van der Waals surface area contributed by atoms with Gasteiger partial charge in [-0.25, -0.2) is 9.78 Å². The molecule has 17 heteroatoms. The van der Waals surface area contributed by atoms with Crippen molar-refractivity contribution in [2.75, 3.05) is 25.0 Å². The minimum absolute atomic E-state index is 0.0575. The Bertz CT molecular complexity index is 2190. The van der Waals surface area contributed by atoms with E-state index in [1.807, 2.05) is 49.4 Å². The van der Waals surface area contributed by atoms with Crippen molar-refractivity contribution < 1.29 is 41.8 Å². The summed E-state index contributed by atoms with van der Waals surface area (Å²) in [6.45, 7) is 8.45. The van der Waals surface area contributed by atoms with Crippen LogP contribution in [0.4, 0.5) is 23.2 Å². The summed E-state index contributed by atoms with van der Waals surface area (Å²) in [4.78, 5) is 54.7. The summed E-state index contributed by atoms with van der Waals surface area (Å²) in [5, 5.41) is 26.1. The first-order chi connectivity index (χ1) is 28.4. The molecule has 2 aliphatic rings. The molecule has 1 aromatic heterocycles. The van der Waals surface area contributed by atoms with Crippen molar-refractivity contribution in [2.45, 2.75) is 83.2 Å². The smallest absolute Gasteiger partial charge is 0.411 e. The fourth-order valence-corrected chi connectivity index (χ4v) is 7.77. The summed E-state index contributed by atoms with van der Waals surface area (Å²) in [6, 6.07) is 17.8. The fraction of sp³-hybridized carbons (Fsp3) is 0.442. The van der Waals surface area contributed by atoms with Gasteiger partial charge in [0.15, 0.2) is 5.82 Å². The Hall–Kier alpha value is -5.68. The molecule has 0 spiro atoms. The number of piperidine rings is 1. The van der Waals surface area contributed by atoms with Crippen LogP contribution in [0.5, 0.6) is 0 Å². The molecule has 1 unspecified atom stereocenters. The normalized spacial score (nSPS) is 19.8. The number of alkyl halides is 4. The molecule has 8 N–H and O–H groups in total. The lowest BCUT2D eigenvalue weighted by atomic mass is 9.80. The lowest BCUT2D eigenvalue weighted by molar-refractivity contribution is -0.231. The predicted molar refractivity (Wildman–Crippen MR) is 216 cm³/mol. The van der Waals surface area contributed by atoms with Crippen LogP contribution in [0.15, 0.2) is 66.7 Å². The highest BCUT2D eigenvalue weighted by Gasteiger charge is 2.65. The van der Waals surface area contributed by atoms with E-state index in [1.165, 1.54) is 24.3 Å². The number of hydrogen-bond donors (Lipinski definition) is 7. The summed E-state index contributed by atoms with van der Waals surface area (Å²) in [7, 11) is 0. The third kappa shape index (κ3) is 9.68. The molecule has 1 saturated carbocycles. The van der Waals surface area contributed by atoms with Crippen LogP contribution in [0.3, 0.4) is 0 Å². The molecule has 2 heterocycles. The molecule has 2 fully saturated rings. The van der Waals surface area contributed by atoms with Crippen molar-refractivity contribution in [1.82, 2.24) is 31.1 Å². The van der Waals surface area contributed by atoms with Gasteiger partial charge in [-0.1, -0.05) is 44.2 Å². The molecule has 6 rings (SSSR count). The number of aromatic nitrogens is 3. The first-order valence-electron chi connectivity index (χ1n) is 19.9. The van der Waals surface area contributed by atoms with Crippen LogP contribution in [0, 0.1) is 24.2 Å². The standard InChI is InChI=1S/C43H50F4N8O5/c1-24-20-30(37(57)52-34-18-19-49-23-41(34,2)3)14-17-32(24)27-8-4-25(5-9-27)21-33(51-36(56)29-10-6-26(22-48)7-11-29)38(58)50-31-15-12-28(13-16-31)35-53-39(55-54-35)42(44,45)43(46,47)40(59)60/h4-5,8-9,12-17,20,26,29,33-34,49H,6-7,10-11,18-19,21-23,48H2,1-3H3,(H,50,58)(H,51,56)(H,52,57)(H,59,60)(H,53,54,55)/t26?,29?,33-,34?/m0/s1. The van der Waals surface area contributed by atoms with Gasteiger partial charge in [0.05, 0.1) is 0 Å². The van der Waals surface area contributed by atoms with Gasteiger partial charge < -0.3 is 32.1 Å². The molecule has 1 aliphatic heterocycles. The van der Waals surface area contributed by atoms with E-state index in [0.717, 1.165) is 54.6 Å². The van der Waals surface area contributed by atoms with Gasteiger partial charge in [0, 0.05) is 41.7 Å². The number of amides is 3. The van der Waals surface area contributed by atoms with E-state index in [-0.39, 0.29) is 46.9 Å². The third-order valence-corrected chi connectivity index (χ3v) is 11.7. The van der Waals surface area contributed by atoms with Gasteiger partial charge in [0.25, 0.3) is 5.91 Å². The average molecular weight is 835 g/mol. The van der Waals surface area contributed by atoms with Crippen molar-refractivity contribution >= 4 is 29.4 Å². The van der Waals surface area contributed by atoms with Crippen LogP contribution >= 0.6 is 0 Å². The van der Waals surface area contributed by atoms with Crippen molar-refractivity contribution in [1.29, 1.82) is 0 Å². The number of H-pyrrole nitrogens is 1. The number of carboxylic acids is 1. The van der Waals surface area contributed by atoms with E-state index in [2.05, 4.69) is 45.2 Å². The zero-order valence-electron chi connectivity index (χ0n) is 33.6. The van der Waals surface area contributed by atoms with E-state index >= 15 is 0 Å². The van der Waals surface area contributed by atoms with Gasteiger partial charge in [0.1, 0.15) is 6.04 Å².